The molecule has 1 unspecified atom stereocenters. The number of rotatable bonds is 2. The summed E-state index contributed by atoms with van der Waals surface area (Å²) in [6.07, 6.45) is 3.76. The first-order valence-electron chi connectivity index (χ1n) is 5.86. The van der Waals surface area contributed by atoms with Crippen LogP contribution in [0.3, 0.4) is 0 Å². The largest absolute Gasteiger partial charge is 0.496 e. The number of hydrogen-bond acceptors (Lipinski definition) is 3. The van der Waals surface area contributed by atoms with E-state index in [4.69, 9.17) is 10.5 Å². The molecule has 3 nitrogen and oxygen atoms in total. The molecule has 0 aromatic heterocycles. The minimum absolute atomic E-state index is 0.451. The highest BCUT2D eigenvalue weighted by Gasteiger charge is 2.23. The molecule has 3 heteroatoms. The summed E-state index contributed by atoms with van der Waals surface area (Å²) in [5.41, 5.74) is 7.90. The van der Waals surface area contributed by atoms with Crippen molar-refractivity contribution in [2.45, 2.75) is 25.3 Å². The topological polar surface area (TPSA) is 38.5 Å². The van der Waals surface area contributed by atoms with Gasteiger partial charge in [-0.3, -0.25) is 4.90 Å². The minimum atomic E-state index is 0.451. The SMILES string of the molecule is COc1ccc(N)cc1C1CCCCN1C. The number of anilines is 1. The van der Waals surface area contributed by atoms with Crippen LogP contribution >= 0.6 is 0 Å². The molecule has 1 atom stereocenters. The van der Waals surface area contributed by atoms with Crippen molar-refractivity contribution in [2.75, 3.05) is 26.4 Å². The number of methoxy groups -OCH3 is 1. The fourth-order valence-electron chi connectivity index (χ4n) is 2.48. The van der Waals surface area contributed by atoms with Crippen molar-refractivity contribution in [1.29, 1.82) is 0 Å². The van der Waals surface area contributed by atoms with Gasteiger partial charge in [0.25, 0.3) is 0 Å². The molecule has 1 fully saturated rings. The lowest BCUT2D eigenvalue weighted by molar-refractivity contribution is 0.184. The standard InChI is InChI=1S/C13H20N2O/c1-15-8-4-3-5-12(15)11-9-10(14)6-7-13(11)16-2/h6-7,9,12H,3-5,8,14H2,1-2H3. The Morgan fingerprint density at radius 3 is 2.88 bits per heavy atom. The monoisotopic (exact) mass is 220 g/mol. The third-order valence-electron chi connectivity index (χ3n) is 3.38. The van der Waals surface area contributed by atoms with E-state index in [1.807, 2.05) is 18.2 Å². The van der Waals surface area contributed by atoms with Gasteiger partial charge in [-0.2, -0.15) is 0 Å². The molecule has 1 aromatic rings. The summed E-state index contributed by atoms with van der Waals surface area (Å²) >= 11 is 0. The Kier molecular flexibility index (Phi) is 3.34. The zero-order valence-electron chi connectivity index (χ0n) is 10.1. The van der Waals surface area contributed by atoms with Crippen LogP contribution in [0.15, 0.2) is 18.2 Å². The average molecular weight is 220 g/mol. The molecule has 0 bridgehead atoms. The van der Waals surface area contributed by atoms with Crippen LogP contribution in [-0.2, 0) is 0 Å². The zero-order valence-corrected chi connectivity index (χ0v) is 10.1. The summed E-state index contributed by atoms with van der Waals surface area (Å²) < 4.78 is 5.42. The normalized spacial score (nSPS) is 22.0. The fraction of sp³-hybridized carbons (Fsp3) is 0.538. The van der Waals surface area contributed by atoms with Gasteiger partial charge in [-0.15, -0.1) is 0 Å². The molecule has 16 heavy (non-hydrogen) atoms. The summed E-state index contributed by atoms with van der Waals surface area (Å²) in [6.45, 7) is 1.16. The number of nitrogens with zero attached hydrogens (tertiary/aromatic N) is 1. The average Bonchev–Trinajstić information content (AvgIpc) is 2.29. The van der Waals surface area contributed by atoms with Crippen molar-refractivity contribution in [2.24, 2.45) is 0 Å². The highest BCUT2D eigenvalue weighted by Crippen LogP contribution is 2.36. The predicted molar refractivity (Wildman–Crippen MR) is 66.6 cm³/mol. The van der Waals surface area contributed by atoms with Crippen LogP contribution in [0.1, 0.15) is 30.9 Å². The molecule has 0 amide bonds. The number of likely N-dealkylation sites (tertiary alicyclic amines) is 1. The van der Waals surface area contributed by atoms with Gasteiger partial charge < -0.3 is 10.5 Å². The van der Waals surface area contributed by atoms with E-state index in [1.54, 1.807) is 7.11 Å². The Morgan fingerprint density at radius 1 is 1.38 bits per heavy atom. The summed E-state index contributed by atoms with van der Waals surface area (Å²) in [6, 6.07) is 6.36. The van der Waals surface area contributed by atoms with Gasteiger partial charge in [0.15, 0.2) is 0 Å². The maximum Gasteiger partial charge on any atom is 0.123 e. The quantitative estimate of drug-likeness (QED) is 0.778. The van der Waals surface area contributed by atoms with E-state index in [-0.39, 0.29) is 0 Å². The predicted octanol–water partition coefficient (Wildman–Crippen LogP) is 2.43. The van der Waals surface area contributed by atoms with Crippen LogP contribution in [0.4, 0.5) is 5.69 Å². The Bertz CT molecular complexity index is 365. The van der Waals surface area contributed by atoms with Gasteiger partial charge in [0.2, 0.25) is 0 Å². The molecule has 0 saturated carbocycles. The smallest absolute Gasteiger partial charge is 0.123 e. The molecule has 88 valence electrons. The number of nitrogens with two attached hydrogens (primary N) is 1. The molecular weight excluding hydrogens is 200 g/mol. The minimum Gasteiger partial charge on any atom is -0.496 e. The number of hydrogen-bond donors (Lipinski definition) is 1. The van der Waals surface area contributed by atoms with E-state index in [0.717, 1.165) is 18.0 Å². The summed E-state index contributed by atoms with van der Waals surface area (Å²) in [5, 5.41) is 0. The third-order valence-corrected chi connectivity index (χ3v) is 3.38. The molecule has 2 rings (SSSR count). The van der Waals surface area contributed by atoms with Crippen LogP contribution in [0, 0.1) is 0 Å². The van der Waals surface area contributed by atoms with E-state index in [9.17, 15) is 0 Å². The van der Waals surface area contributed by atoms with E-state index in [0.29, 0.717) is 6.04 Å². The molecule has 1 aliphatic heterocycles. The fourth-order valence-corrected chi connectivity index (χ4v) is 2.48. The number of ether oxygens (including phenoxy) is 1. The highest BCUT2D eigenvalue weighted by atomic mass is 16.5. The number of piperidine rings is 1. The maximum absolute atomic E-state index is 5.86. The van der Waals surface area contributed by atoms with Gasteiger partial charge in [0.05, 0.1) is 7.11 Å². The summed E-state index contributed by atoms with van der Waals surface area (Å²) in [7, 11) is 3.89. The van der Waals surface area contributed by atoms with Crippen LogP contribution in [0.2, 0.25) is 0 Å². The van der Waals surface area contributed by atoms with Gasteiger partial charge in [-0.25, -0.2) is 0 Å². The van der Waals surface area contributed by atoms with Crippen LogP contribution in [-0.4, -0.2) is 25.6 Å². The molecule has 1 heterocycles. The molecule has 0 spiro atoms. The van der Waals surface area contributed by atoms with E-state index >= 15 is 0 Å². The second-order valence-corrected chi connectivity index (χ2v) is 4.49. The van der Waals surface area contributed by atoms with Crippen LogP contribution < -0.4 is 10.5 Å². The van der Waals surface area contributed by atoms with Gasteiger partial charge in [-0.05, 0) is 44.6 Å². The van der Waals surface area contributed by atoms with Crippen molar-refractivity contribution in [1.82, 2.24) is 4.90 Å². The number of benzene rings is 1. The zero-order chi connectivity index (χ0) is 11.5. The third kappa shape index (κ3) is 2.14. The van der Waals surface area contributed by atoms with E-state index < -0.39 is 0 Å². The second kappa shape index (κ2) is 4.74. The van der Waals surface area contributed by atoms with Crippen LogP contribution in [0.25, 0.3) is 0 Å². The van der Waals surface area contributed by atoms with Crippen molar-refractivity contribution >= 4 is 5.69 Å². The molecule has 0 aliphatic carbocycles. The van der Waals surface area contributed by atoms with Gasteiger partial charge >= 0.3 is 0 Å². The van der Waals surface area contributed by atoms with Crippen LogP contribution in [0.5, 0.6) is 5.75 Å². The van der Waals surface area contributed by atoms with E-state index in [2.05, 4.69) is 11.9 Å². The molecule has 1 aromatic carbocycles. The molecule has 2 N–H and O–H groups in total. The van der Waals surface area contributed by atoms with Gasteiger partial charge in [0, 0.05) is 17.3 Å². The lowest BCUT2D eigenvalue weighted by Crippen LogP contribution is -2.29. The second-order valence-electron chi connectivity index (χ2n) is 4.49. The molecule has 1 aliphatic rings. The van der Waals surface area contributed by atoms with Crippen molar-refractivity contribution in [3.05, 3.63) is 23.8 Å². The lowest BCUT2D eigenvalue weighted by atomic mass is 9.95. The molecule has 0 radical (unpaired) electrons. The Hall–Kier alpha value is -1.22. The maximum atomic E-state index is 5.86. The van der Waals surface area contributed by atoms with Gasteiger partial charge in [-0.1, -0.05) is 6.42 Å². The first-order chi connectivity index (χ1) is 7.72. The summed E-state index contributed by atoms with van der Waals surface area (Å²) in [5.74, 6) is 0.952. The summed E-state index contributed by atoms with van der Waals surface area (Å²) in [4.78, 5) is 2.39. The first-order valence-corrected chi connectivity index (χ1v) is 5.86. The Morgan fingerprint density at radius 2 is 2.19 bits per heavy atom. The molecular formula is C13H20N2O. The Balaban J connectivity index is 2.33. The lowest BCUT2D eigenvalue weighted by Gasteiger charge is -2.33. The highest BCUT2D eigenvalue weighted by molar-refractivity contribution is 5.49. The van der Waals surface area contributed by atoms with Crippen molar-refractivity contribution < 1.29 is 4.74 Å². The van der Waals surface area contributed by atoms with Gasteiger partial charge in [0.1, 0.15) is 5.75 Å². The van der Waals surface area contributed by atoms with Crippen molar-refractivity contribution in [3.8, 4) is 5.75 Å². The molecule has 1 saturated heterocycles. The Labute approximate surface area is 97.2 Å². The number of nitrogen functional groups attached to an aromatic ring is 1. The van der Waals surface area contributed by atoms with E-state index in [1.165, 1.54) is 24.8 Å². The van der Waals surface area contributed by atoms with Crippen molar-refractivity contribution in [3.63, 3.8) is 0 Å². The first kappa shape index (κ1) is 11.3.